The second-order valence-electron chi connectivity index (χ2n) is 4.07. The first-order valence-electron chi connectivity index (χ1n) is 5.75. The van der Waals surface area contributed by atoms with Crippen LogP contribution < -0.4 is 5.32 Å². The van der Waals surface area contributed by atoms with Crippen LogP contribution in [0.5, 0.6) is 0 Å². The number of amides is 1. The number of anilines is 1. The highest BCUT2D eigenvalue weighted by Gasteiger charge is 2.09. The predicted molar refractivity (Wildman–Crippen MR) is 75.9 cm³/mol. The number of carbonyl (C=O) groups is 2. The zero-order valence-corrected chi connectivity index (χ0v) is 11.1. The van der Waals surface area contributed by atoms with Crippen LogP contribution >= 0.6 is 11.6 Å². The van der Waals surface area contributed by atoms with Crippen molar-refractivity contribution >= 4 is 29.0 Å². The van der Waals surface area contributed by atoms with Gasteiger partial charge in [-0.2, -0.15) is 0 Å². The van der Waals surface area contributed by atoms with Gasteiger partial charge in [0.2, 0.25) is 0 Å². The summed E-state index contributed by atoms with van der Waals surface area (Å²) < 4.78 is 0. The molecule has 0 fully saturated rings. The van der Waals surface area contributed by atoms with Crippen LogP contribution in [0.2, 0.25) is 5.02 Å². The standard InChI is InChI=1S/C15H12ClNO2/c1-10(18)13-9-12(7-8-14(13)16)17-15(19)11-5-3-2-4-6-11/h2-9H,1H3,(H,17,19). The highest BCUT2D eigenvalue weighted by molar-refractivity contribution is 6.34. The summed E-state index contributed by atoms with van der Waals surface area (Å²) in [5.74, 6) is -0.363. The van der Waals surface area contributed by atoms with E-state index >= 15 is 0 Å². The van der Waals surface area contributed by atoms with Crippen molar-refractivity contribution in [2.24, 2.45) is 0 Å². The molecule has 1 amide bonds. The van der Waals surface area contributed by atoms with Gasteiger partial charge in [0, 0.05) is 16.8 Å². The number of nitrogens with one attached hydrogen (secondary N) is 1. The van der Waals surface area contributed by atoms with E-state index in [9.17, 15) is 9.59 Å². The van der Waals surface area contributed by atoms with Crippen molar-refractivity contribution in [1.82, 2.24) is 0 Å². The molecule has 0 saturated carbocycles. The number of hydrogen-bond donors (Lipinski definition) is 1. The third kappa shape index (κ3) is 3.20. The van der Waals surface area contributed by atoms with E-state index in [-0.39, 0.29) is 11.7 Å². The number of halogens is 1. The van der Waals surface area contributed by atoms with Crippen LogP contribution in [0, 0.1) is 0 Å². The van der Waals surface area contributed by atoms with E-state index in [1.165, 1.54) is 6.92 Å². The molecule has 0 aliphatic carbocycles. The lowest BCUT2D eigenvalue weighted by Gasteiger charge is -2.07. The van der Waals surface area contributed by atoms with E-state index in [1.807, 2.05) is 6.07 Å². The molecule has 0 radical (unpaired) electrons. The van der Waals surface area contributed by atoms with Gasteiger partial charge in [0.05, 0.1) is 5.02 Å². The Morgan fingerprint density at radius 3 is 2.37 bits per heavy atom. The highest BCUT2D eigenvalue weighted by Crippen LogP contribution is 2.21. The molecule has 0 aromatic heterocycles. The van der Waals surface area contributed by atoms with Gasteiger partial charge in [-0.05, 0) is 37.3 Å². The number of ketones is 1. The summed E-state index contributed by atoms with van der Waals surface area (Å²) >= 11 is 5.91. The summed E-state index contributed by atoms with van der Waals surface area (Å²) in [5, 5.41) is 3.11. The van der Waals surface area contributed by atoms with Crippen LogP contribution in [0.3, 0.4) is 0 Å². The molecule has 0 spiro atoms. The molecule has 0 heterocycles. The molecule has 3 nitrogen and oxygen atoms in total. The molecule has 0 saturated heterocycles. The lowest BCUT2D eigenvalue weighted by atomic mass is 10.1. The normalized spacial score (nSPS) is 10.0. The number of benzene rings is 2. The molecule has 2 rings (SSSR count). The average Bonchev–Trinajstić information content (AvgIpc) is 2.41. The van der Waals surface area contributed by atoms with Crippen molar-refractivity contribution in [3.05, 3.63) is 64.7 Å². The van der Waals surface area contributed by atoms with Gasteiger partial charge < -0.3 is 5.32 Å². The third-order valence-corrected chi connectivity index (χ3v) is 2.97. The fraction of sp³-hybridized carbons (Fsp3) is 0.0667. The van der Waals surface area contributed by atoms with Crippen molar-refractivity contribution < 1.29 is 9.59 Å². The fourth-order valence-corrected chi connectivity index (χ4v) is 1.92. The first-order valence-corrected chi connectivity index (χ1v) is 6.12. The van der Waals surface area contributed by atoms with Crippen LogP contribution in [0.25, 0.3) is 0 Å². The molecule has 19 heavy (non-hydrogen) atoms. The van der Waals surface area contributed by atoms with Crippen molar-refractivity contribution in [2.45, 2.75) is 6.92 Å². The van der Waals surface area contributed by atoms with Crippen LogP contribution in [0.1, 0.15) is 27.6 Å². The fourth-order valence-electron chi connectivity index (χ4n) is 1.67. The second-order valence-corrected chi connectivity index (χ2v) is 4.48. The van der Waals surface area contributed by atoms with Gasteiger partial charge >= 0.3 is 0 Å². The summed E-state index contributed by atoms with van der Waals surface area (Å²) in [5.41, 5.74) is 1.50. The second kappa shape index (κ2) is 5.67. The molecule has 0 aliphatic rings. The largest absolute Gasteiger partial charge is 0.322 e. The van der Waals surface area contributed by atoms with E-state index in [0.717, 1.165) is 0 Å². The first-order chi connectivity index (χ1) is 9.08. The van der Waals surface area contributed by atoms with E-state index in [2.05, 4.69) is 5.32 Å². The maximum atomic E-state index is 12.0. The lowest BCUT2D eigenvalue weighted by Crippen LogP contribution is -2.12. The van der Waals surface area contributed by atoms with Crippen LogP contribution in [0.15, 0.2) is 48.5 Å². The number of hydrogen-bond acceptors (Lipinski definition) is 2. The Kier molecular flexibility index (Phi) is 3.97. The summed E-state index contributed by atoms with van der Waals surface area (Å²) in [6, 6.07) is 13.7. The van der Waals surface area contributed by atoms with Gasteiger partial charge in [-0.3, -0.25) is 9.59 Å². The quantitative estimate of drug-likeness (QED) is 0.865. The Balaban J connectivity index is 2.23. The average molecular weight is 274 g/mol. The molecule has 0 atom stereocenters. The van der Waals surface area contributed by atoms with Crippen molar-refractivity contribution in [1.29, 1.82) is 0 Å². The Morgan fingerprint density at radius 1 is 1.05 bits per heavy atom. The van der Waals surface area contributed by atoms with Gasteiger partial charge in [0.1, 0.15) is 0 Å². The molecule has 0 bridgehead atoms. The smallest absolute Gasteiger partial charge is 0.255 e. The molecule has 0 aliphatic heterocycles. The topological polar surface area (TPSA) is 46.2 Å². The minimum absolute atomic E-state index is 0.138. The Morgan fingerprint density at radius 2 is 1.74 bits per heavy atom. The SMILES string of the molecule is CC(=O)c1cc(NC(=O)c2ccccc2)ccc1Cl. The maximum absolute atomic E-state index is 12.0. The zero-order valence-electron chi connectivity index (χ0n) is 10.3. The number of carbonyl (C=O) groups excluding carboxylic acids is 2. The van der Waals surface area contributed by atoms with Gasteiger partial charge in [-0.15, -0.1) is 0 Å². The molecule has 1 N–H and O–H groups in total. The maximum Gasteiger partial charge on any atom is 0.255 e. The van der Waals surface area contributed by atoms with Crippen LogP contribution in [0.4, 0.5) is 5.69 Å². The minimum atomic E-state index is -0.225. The summed E-state index contributed by atoms with van der Waals surface area (Å²) in [6.07, 6.45) is 0. The van der Waals surface area contributed by atoms with Gasteiger partial charge in [0.25, 0.3) is 5.91 Å². The summed E-state index contributed by atoms with van der Waals surface area (Å²) in [6.45, 7) is 1.43. The molecular weight excluding hydrogens is 262 g/mol. The predicted octanol–water partition coefficient (Wildman–Crippen LogP) is 3.79. The van der Waals surface area contributed by atoms with E-state index < -0.39 is 0 Å². The van der Waals surface area contributed by atoms with E-state index in [0.29, 0.717) is 21.8 Å². The van der Waals surface area contributed by atoms with Crippen LogP contribution in [-0.4, -0.2) is 11.7 Å². The monoisotopic (exact) mass is 273 g/mol. The molecule has 2 aromatic rings. The zero-order chi connectivity index (χ0) is 13.8. The number of rotatable bonds is 3. The lowest BCUT2D eigenvalue weighted by molar-refractivity contribution is 0.101. The molecule has 96 valence electrons. The molecule has 0 unspecified atom stereocenters. The van der Waals surface area contributed by atoms with Gasteiger partial charge in [-0.1, -0.05) is 29.8 Å². The Hall–Kier alpha value is -2.13. The van der Waals surface area contributed by atoms with E-state index in [1.54, 1.807) is 42.5 Å². The Labute approximate surface area is 116 Å². The van der Waals surface area contributed by atoms with Gasteiger partial charge in [0.15, 0.2) is 5.78 Å². The molecule has 2 aromatic carbocycles. The van der Waals surface area contributed by atoms with Crippen LogP contribution in [-0.2, 0) is 0 Å². The van der Waals surface area contributed by atoms with Crippen molar-refractivity contribution in [2.75, 3.05) is 5.32 Å². The number of Topliss-reactive ketones (excluding diaryl/α,β-unsaturated/α-hetero) is 1. The third-order valence-electron chi connectivity index (χ3n) is 2.64. The molecular formula is C15H12ClNO2. The minimum Gasteiger partial charge on any atom is -0.322 e. The first kappa shape index (κ1) is 13.3. The van der Waals surface area contributed by atoms with Crippen molar-refractivity contribution in [3.63, 3.8) is 0 Å². The summed E-state index contributed by atoms with van der Waals surface area (Å²) in [7, 11) is 0. The highest BCUT2D eigenvalue weighted by atomic mass is 35.5. The van der Waals surface area contributed by atoms with E-state index in [4.69, 9.17) is 11.6 Å². The van der Waals surface area contributed by atoms with Gasteiger partial charge in [-0.25, -0.2) is 0 Å². The van der Waals surface area contributed by atoms with Crippen molar-refractivity contribution in [3.8, 4) is 0 Å². The summed E-state index contributed by atoms with van der Waals surface area (Å²) in [4.78, 5) is 23.3. The molecule has 4 heteroatoms. The Bertz CT molecular complexity index is 623.